The van der Waals surface area contributed by atoms with Crippen molar-refractivity contribution in [2.75, 3.05) is 31.5 Å². The van der Waals surface area contributed by atoms with Crippen LogP contribution in [0, 0.1) is 12.8 Å². The van der Waals surface area contributed by atoms with Gasteiger partial charge in [-0.1, -0.05) is 103 Å². The molecule has 1 saturated heterocycles. The molecule has 4 heteroatoms. The zero-order valence-electron chi connectivity index (χ0n) is 22.9. The van der Waals surface area contributed by atoms with Crippen LogP contribution in [0.4, 0.5) is 10.5 Å². The maximum atomic E-state index is 13.5. The Morgan fingerprint density at radius 1 is 0.769 bits per heavy atom. The van der Waals surface area contributed by atoms with Gasteiger partial charge >= 0.3 is 6.03 Å². The lowest BCUT2D eigenvalue weighted by atomic mass is 9.95. The lowest BCUT2D eigenvalue weighted by Crippen LogP contribution is -2.42. The van der Waals surface area contributed by atoms with Gasteiger partial charge in [0.1, 0.15) is 0 Å². The standard InChI is InChI=1S/C35H39N3O/c1-28-12-18-34(19-13-28)36-35(39)38(26-30-14-16-33(17-15-30)32-10-6-3-7-11-32)27-31-21-24-37(25-22-31)23-20-29-8-4-2-5-9-29/h2-19,31H,20-27H2,1H3,(H,36,39). The number of likely N-dealkylation sites (tertiary alicyclic amines) is 1. The third-order valence-corrected chi connectivity index (χ3v) is 7.77. The maximum Gasteiger partial charge on any atom is 0.322 e. The minimum Gasteiger partial charge on any atom is -0.320 e. The van der Waals surface area contributed by atoms with Gasteiger partial charge in [-0.3, -0.25) is 0 Å². The number of urea groups is 1. The van der Waals surface area contributed by atoms with Gasteiger partial charge in [-0.25, -0.2) is 4.79 Å². The van der Waals surface area contributed by atoms with Gasteiger partial charge in [0.2, 0.25) is 0 Å². The molecule has 1 fully saturated rings. The monoisotopic (exact) mass is 517 g/mol. The summed E-state index contributed by atoms with van der Waals surface area (Å²) in [5, 5.41) is 3.14. The van der Waals surface area contributed by atoms with E-state index in [1.165, 1.54) is 22.3 Å². The second-order valence-corrected chi connectivity index (χ2v) is 10.8. The van der Waals surface area contributed by atoms with Crippen LogP contribution in [0.2, 0.25) is 0 Å². The summed E-state index contributed by atoms with van der Waals surface area (Å²) in [6.07, 6.45) is 3.33. The van der Waals surface area contributed by atoms with Gasteiger partial charge in [-0.05, 0) is 79.6 Å². The number of piperidine rings is 1. The van der Waals surface area contributed by atoms with E-state index < -0.39 is 0 Å². The molecule has 0 saturated carbocycles. The first-order chi connectivity index (χ1) is 19.1. The quantitative estimate of drug-likeness (QED) is 0.247. The van der Waals surface area contributed by atoms with Gasteiger partial charge < -0.3 is 15.1 Å². The minimum absolute atomic E-state index is 0.0301. The van der Waals surface area contributed by atoms with Crippen LogP contribution < -0.4 is 5.32 Å². The van der Waals surface area contributed by atoms with Crippen LogP contribution in [0.5, 0.6) is 0 Å². The van der Waals surface area contributed by atoms with Crippen molar-refractivity contribution in [1.82, 2.24) is 9.80 Å². The average Bonchev–Trinajstić information content (AvgIpc) is 2.99. The number of hydrogen-bond acceptors (Lipinski definition) is 2. The van der Waals surface area contributed by atoms with Gasteiger partial charge in [-0.15, -0.1) is 0 Å². The highest BCUT2D eigenvalue weighted by Crippen LogP contribution is 2.23. The van der Waals surface area contributed by atoms with Crippen molar-refractivity contribution < 1.29 is 4.79 Å². The lowest BCUT2D eigenvalue weighted by Gasteiger charge is -2.35. The number of carbonyl (C=O) groups excluding carboxylic acids is 1. The van der Waals surface area contributed by atoms with Gasteiger partial charge in [0.25, 0.3) is 0 Å². The van der Waals surface area contributed by atoms with E-state index in [0.29, 0.717) is 12.5 Å². The first kappa shape index (κ1) is 26.7. The van der Waals surface area contributed by atoms with Gasteiger partial charge in [0.05, 0.1) is 0 Å². The van der Waals surface area contributed by atoms with E-state index in [9.17, 15) is 4.79 Å². The van der Waals surface area contributed by atoms with Gasteiger partial charge in [-0.2, -0.15) is 0 Å². The molecule has 5 rings (SSSR count). The molecule has 39 heavy (non-hydrogen) atoms. The molecule has 1 aliphatic rings. The number of rotatable bonds is 9. The fourth-order valence-electron chi connectivity index (χ4n) is 5.35. The summed E-state index contributed by atoms with van der Waals surface area (Å²) in [6, 6.07) is 37.8. The molecular weight excluding hydrogens is 478 g/mol. The molecule has 4 nitrogen and oxygen atoms in total. The predicted octanol–water partition coefficient (Wildman–Crippen LogP) is 7.65. The van der Waals surface area contributed by atoms with E-state index in [2.05, 4.69) is 96.0 Å². The van der Waals surface area contributed by atoms with E-state index in [1.807, 2.05) is 35.2 Å². The first-order valence-corrected chi connectivity index (χ1v) is 14.2. The van der Waals surface area contributed by atoms with Crippen LogP contribution in [0.3, 0.4) is 0 Å². The van der Waals surface area contributed by atoms with Crippen molar-refractivity contribution in [2.24, 2.45) is 5.92 Å². The smallest absolute Gasteiger partial charge is 0.320 e. The van der Waals surface area contributed by atoms with Crippen molar-refractivity contribution >= 4 is 11.7 Å². The second kappa shape index (κ2) is 13.3. The SMILES string of the molecule is Cc1ccc(NC(=O)N(Cc2ccc(-c3ccccc3)cc2)CC2CCN(CCc3ccccc3)CC2)cc1. The van der Waals surface area contributed by atoms with Crippen LogP contribution in [0.1, 0.15) is 29.5 Å². The van der Waals surface area contributed by atoms with Crippen molar-refractivity contribution in [3.63, 3.8) is 0 Å². The third-order valence-electron chi connectivity index (χ3n) is 7.77. The Labute approximate surface area is 233 Å². The zero-order valence-corrected chi connectivity index (χ0v) is 22.9. The molecule has 0 bridgehead atoms. The predicted molar refractivity (Wildman–Crippen MR) is 162 cm³/mol. The Morgan fingerprint density at radius 3 is 2.05 bits per heavy atom. The van der Waals surface area contributed by atoms with E-state index >= 15 is 0 Å². The Balaban J connectivity index is 1.21. The van der Waals surface area contributed by atoms with Crippen molar-refractivity contribution in [1.29, 1.82) is 0 Å². The summed E-state index contributed by atoms with van der Waals surface area (Å²) in [4.78, 5) is 18.1. The highest BCUT2D eigenvalue weighted by atomic mass is 16.2. The summed E-state index contributed by atoms with van der Waals surface area (Å²) in [5.74, 6) is 0.505. The van der Waals surface area contributed by atoms with Crippen LogP contribution in [0.15, 0.2) is 109 Å². The number of carbonyl (C=O) groups is 1. The number of nitrogens with zero attached hydrogens (tertiary/aromatic N) is 2. The van der Waals surface area contributed by atoms with Crippen LogP contribution >= 0.6 is 0 Å². The summed E-state index contributed by atoms with van der Waals surface area (Å²) in [5.41, 5.74) is 6.97. The molecule has 0 atom stereocenters. The molecule has 0 spiro atoms. The number of amides is 2. The van der Waals surface area contributed by atoms with Crippen molar-refractivity contribution in [3.05, 3.63) is 126 Å². The molecule has 4 aromatic carbocycles. The minimum atomic E-state index is -0.0301. The van der Waals surface area contributed by atoms with Crippen molar-refractivity contribution in [2.45, 2.75) is 32.7 Å². The second-order valence-electron chi connectivity index (χ2n) is 10.8. The van der Waals surface area contributed by atoms with Gasteiger partial charge in [0, 0.05) is 25.3 Å². The molecule has 1 aliphatic heterocycles. The van der Waals surface area contributed by atoms with Crippen molar-refractivity contribution in [3.8, 4) is 11.1 Å². The molecule has 0 unspecified atom stereocenters. The topological polar surface area (TPSA) is 35.6 Å². The third kappa shape index (κ3) is 7.81. The number of benzene rings is 4. The number of nitrogens with one attached hydrogen (secondary N) is 1. The maximum absolute atomic E-state index is 13.5. The highest BCUT2D eigenvalue weighted by Gasteiger charge is 2.24. The summed E-state index contributed by atoms with van der Waals surface area (Å²) < 4.78 is 0. The molecular formula is C35H39N3O. The summed E-state index contributed by atoms with van der Waals surface area (Å²) in [7, 11) is 0. The number of aryl methyl sites for hydroxylation is 1. The molecule has 0 aliphatic carbocycles. The number of anilines is 1. The zero-order chi connectivity index (χ0) is 26.9. The Kier molecular flexibility index (Phi) is 9.08. The fourth-order valence-corrected chi connectivity index (χ4v) is 5.35. The van der Waals surface area contributed by atoms with Crippen LogP contribution in [-0.4, -0.2) is 42.0 Å². The number of hydrogen-bond donors (Lipinski definition) is 1. The molecule has 0 radical (unpaired) electrons. The van der Waals surface area contributed by atoms with Crippen LogP contribution in [0.25, 0.3) is 11.1 Å². The van der Waals surface area contributed by atoms with E-state index in [0.717, 1.165) is 56.7 Å². The largest absolute Gasteiger partial charge is 0.322 e. The Bertz CT molecular complexity index is 1300. The van der Waals surface area contributed by atoms with E-state index in [1.54, 1.807) is 0 Å². The Morgan fingerprint density at radius 2 is 1.38 bits per heavy atom. The summed E-state index contributed by atoms with van der Waals surface area (Å²) in [6.45, 7) is 6.71. The molecule has 200 valence electrons. The van der Waals surface area contributed by atoms with Crippen LogP contribution in [-0.2, 0) is 13.0 Å². The Hall–Kier alpha value is -3.89. The lowest BCUT2D eigenvalue weighted by molar-refractivity contribution is 0.149. The molecule has 2 amide bonds. The summed E-state index contributed by atoms with van der Waals surface area (Å²) >= 11 is 0. The average molecular weight is 518 g/mol. The molecule has 4 aromatic rings. The fraction of sp³-hybridized carbons (Fsp3) is 0.286. The molecule has 1 heterocycles. The molecule has 1 N–H and O–H groups in total. The first-order valence-electron chi connectivity index (χ1n) is 14.2. The molecule has 0 aromatic heterocycles. The van der Waals surface area contributed by atoms with E-state index in [4.69, 9.17) is 0 Å². The highest BCUT2D eigenvalue weighted by molar-refractivity contribution is 5.89. The van der Waals surface area contributed by atoms with E-state index in [-0.39, 0.29) is 6.03 Å². The van der Waals surface area contributed by atoms with Gasteiger partial charge in [0.15, 0.2) is 0 Å². The normalized spacial score (nSPS) is 14.2.